The van der Waals surface area contributed by atoms with E-state index in [0.717, 1.165) is 22.8 Å². The van der Waals surface area contributed by atoms with Gasteiger partial charge in [-0.15, -0.1) is 0 Å². The second-order valence-corrected chi connectivity index (χ2v) is 6.64. The standard InChI is InChI=1S/C19H23N5O2/c1-13-9-14(2)23-17(22-13)5-8-21-19(26)16-10-18(25)24(12-16)11-15-3-6-20-7-4-15/h3-4,6-7,9,16H,5,8,10-12H2,1-2H3,(H,21,26)/t16-/m0/s1. The smallest absolute Gasteiger partial charge is 0.225 e. The van der Waals surface area contributed by atoms with E-state index in [4.69, 9.17) is 0 Å². The first-order chi connectivity index (χ1) is 12.5. The molecule has 1 saturated heterocycles. The number of amides is 2. The fraction of sp³-hybridized carbons (Fsp3) is 0.421. The topological polar surface area (TPSA) is 88.1 Å². The molecule has 7 heteroatoms. The zero-order chi connectivity index (χ0) is 18.5. The molecule has 26 heavy (non-hydrogen) atoms. The van der Waals surface area contributed by atoms with Gasteiger partial charge in [0.25, 0.3) is 0 Å². The van der Waals surface area contributed by atoms with Crippen LogP contribution in [0.15, 0.2) is 30.6 Å². The molecule has 1 aliphatic heterocycles. The van der Waals surface area contributed by atoms with Crippen molar-refractivity contribution >= 4 is 11.8 Å². The Balaban J connectivity index is 1.48. The van der Waals surface area contributed by atoms with Crippen LogP contribution >= 0.6 is 0 Å². The Labute approximate surface area is 152 Å². The lowest BCUT2D eigenvalue weighted by atomic mass is 10.1. The van der Waals surface area contributed by atoms with Crippen LogP contribution in [0.25, 0.3) is 0 Å². The van der Waals surface area contributed by atoms with E-state index in [2.05, 4.69) is 20.3 Å². The highest BCUT2D eigenvalue weighted by molar-refractivity contribution is 5.89. The van der Waals surface area contributed by atoms with Crippen LogP contribution in [0.4, 0.5) is 0 Å². The summed E-state index contributed by atoms with van der Waals surface area (Å²) in [6.45, 7) is 5.29. The van der Waals surface area contributed by atoms with E-state index in [1.54, 1.807) is 17.3 Å². The Hall–Kier alpha value is -2.83. The van der Waals surface area contributed by atoms with Gasteiger partial charge in [-0.2, -0.15) is 0 Å². The molecule has 3 heterocycles. The third kappa shape index (κ3) is 4.62. The number of carbonyl (C=O) groups is 2. The van der Waals surface area contributed by atoms with Gasteiger partial charge in [0, 0.05) is 56.3 Å². The van der Waals surface area contributed by atoms with Crippen molar-refractivity contribution in [1.29, 1.82) is 0 Å². The molecule has 0 radical (unpaired) electrons. The van der Waals surface area contributed by atoms with Gasteiger partial charge in [0.15, 0.2) is 0 Å². The lowest BCUT2D eigenvalue weighted by Crippen LogP contribution is -2.34. The van der Waals surface area contributed by atoms with Crippen LogP contribution in [0.1, 0.15) is 29.2 Å². The van der Waals surface area contributed by atoms with E-state index in [-0.39, 0.29) is 24.2 Å². The van der Waals surface area contributed by atoms with Crippen LogP contribution in [-0.2, 0) is 22.6 Å². The molecule has 2 aromatic heterocycles. The molecule has 1 aliphatic rings. The second-order valence-electron chi connectivity index (χ2n) is 6.64. The Morgan fingerprint density at radius 2 is 1.92 bits per heavy atom. The molecule has 0 aliphatic carbocycles. The number of nitrogens with one attached hydrogen (secondary N) is 1. The van der Waals surface area contributed by atoms with E-state index in [9.17, 15) is 9.59 Å². The number of hydrogen-bond donors (Lipinski definition) is 1. The maximum atomic E-state index is 12.4. The average molecular weight is 353 g/mol. The van der Waals surface area contributed by atoms with Gasteiger partial charge in [-0.1, -0.05) is 0 Å². The first-order valence-electron chi connectivity index (χ1n) is 8.77. The maximum absolute atomic E-state index is 12.4. The van der Waals surface area contributed by atoms with Gasteiger partial charge < -0.3 is 10.2 Å². The molecule has 3 rings (SSSR count). The molecule has 1 fully saturated rings. The summed E-state index contributed by atoms with van der Waals surface area (Å²) < 4.78 is 0. The van der Waals surface area contributed by atoms with Crippen molar-refractivity contribution in [1.82, 2.24) is 25.2 Å². The lowest BCUT2D eigenvalue weighted by molar-refractivity contribution is -0.129. The quantitative estimate of drug-likeness (QED) is 0.843. The van der Waals surface area contributed by atoms with Crippen molar-refractivity contribution in [2.75, 3.05) is 13.1 Å². The van der Waals surface area contributed by atoms with Gasteiger partial charge in [-0.3, -0.25) is 14.6 Å². The Kier molecular flexibility index (Phi) is 5.55. The molecule has 0 bridgehead atoms. The number of hydrogen-bond acceptors (Lipinski definition) is 5. The van der Waals surface area contributed by atoms with Crippen molar-refractivity contribution < 1.29 is 9.59 Å². The van der Waals surface area contributed by atoms with Gasteiger partial charge in [0.1, 0.15) is 5.82 Å². The van der Waals surface area contributed by atoms with Crippen LogP contribution < -0.4 is 5.32 Å². The molecule has 0 aromatic carbocycles. The van der Waals surface area contributed by atoms with Crippen LogP contribution in [-0.4, -0.2) is 44.8 Å². The minimum absolute atomic E-state index is 0.0135. The monoisotopic (exact) mass is 353 g/mol. The van der Waals surface area contributed by atoms with Crippen molar-refractivity contribution in [3.8, 4) is 0 Å². The van der Waals surface area contributed by atoms with E-state index in [1.165, 1.54) is 0 Å². The number of rotatable bonds is 6. The summed E-state index contributed by atoms with van der Waals surface area (Å²) in [7, 11) is 0. The molecule has 136 valence electrons. The third-order valence-corrected chi connectivity index (χ3v) is 4.38. The molecule has 2 aromatic rings. The van der Waals surface area contributed by atoms with E-state index in [0.29, 0.717) is 26.1 Å². The van der Waals surface area contributed by atoms with E-state index < -0.39 is 0 Å². The van der Waals surface area contributed by atoms with Crippen molar-refractivity contribution in [3.63, 3.8) is 0 Å². The zero-order valence-corrected chi connectivity index (χ0v) is 15.1. The summed E-state index contributed by atoms with van der Waals surface area (Å²) in [4.78, 5) is 39.0. The number of aromatic nitrogens is 3. The number of likely N-dealkylation sites (tertiary alicyclic amines) is 1. The van der Waals surface area contributed by atoms with Crippen LogP contribution in [0.5, 0.6) is 0 Å². The number of aryl methyl sites for hydroxylation is 2. The fourth-order valence-corrected chi connectivity index (χ4v) is 3.16. The summed E-state index contributed by atoms with van der Waals surface area (Å²) >= 11 is 0. The predicted octanol–water partition coefficient (Wildman–Crippen LogP) is 1.20. The van der Waals surface area contributed by atoms with Gasteiger partial charge in [-0.25, -0.2) is 9.97 Å². The zero-order valence-electron chi connectivity index (χ0n) is 15.1. The third-order valence-electron chi connectivity index (χ3n) is 4.38. The minimum atomic E-state index is -0.301. The van der Waals surface area contributed by atoms with Crippen molar-refractivity contribution in [3.05, 3.63) is 53.4 Å². The molecule has 0 saturated carbocycles. The summed E-state index contributed by atoms with van der Waals surface area (Å²) in [5.74, 6) is 0.355. The highest BCUT2D eigenvalue weighted by atomic mass is 16.2. The molecular weight excluding hydrogens is 330 g/mol. The van der Waals surface area contributed by atoms with E-state index in [1.807, 2.05) is 32.0 Å². The summed E-state index contributed by atoms with van der Waals surface area (Å²) in [5.41, 5.74) is 2.86. The van der Waals surface area contributed by atoms with Gasteiger partial charge in [-0.05, 0) is 37.6 Å². The van der Waals surface area contributed by atoms with E-state index >= 15 is 0 Å². The van der Waals surface area contributed by atoms with Crippen molar-refractivity contribution in [2.24, 2.45) is 5.92 Å². The van der Waals surface area contributed by atoms with Crippen LogP contribution in [0, 0.1) is 19.8 Å². The molecule has 1 N–H and O–H groups in total. The van der Waals surface area contributed by atoms with Crippen LogP contribution in [0.3, 0.4) is 0 Å². The number of carbonyl (C=O) groups excluding carboxylic acids is 2. The average Bonchev–Trinajstić information content (AvgIpc) is 2.96. The fourth-order valence-electron chi connectivity index (χ4n) is 3.16. The SMILES string of the molecule is Cc1cc(C)nc(CCNC(=O)[C@H]2CC(=O)N(Cc3ccncc3)C2)n1. The molecule has 1 atom stereocenters. The summed E-state index contributed by atoms with van der Waals surface area (Å²) in [6, 6.07) is 5.68. The summed E-state index contributed by atoms with van der Waals surface area (Å²) in [5, 5.41) is 2.91. The maximum Gasteiger partial charge on any atom is 0.225 e. The second kappa shape index (κ2) is 8.03. The molecule has 0 unspecified atom stereocenters. The highest BCUT2D eigenvalue weighted by Gasteiger charge is 2.34. The Bertz CT molecular complexity index is 774. The Morgan fingerprint density at radius 1 is 1.23 bits per heavy atom. The minimum Gasteiger partial charge on any atom is -0.355 e. The van der Waals surface area contributed by atoms with Gasteiger partial charge in [0.05, 0.1) is 5.92 Å². The molecule has 7 nitrogen and oxygen atoms in total. The first-order valence-corrected chi connectivity index (χ1v) is 8.77. The predicted molar refractivity (Wildman–Crippen MR) is 96.0 cm³/mol. The normalized spacial score (nSPS) is 16.8. The first kappa shape index (κ1) is 18.0. The van der Waals surface area contributed by atoms with Crippen LogP contribution in [0.2, 0.25) is 0 Å². The van der Waals surface area contributed by atoms with Gasteiger partial charge in [0.2, 0.25) is 11.8 Å². The van der Waals surface area contributed by atoms with Gasteiger partial charge >= 0.3 is 0 Å². The molecule has 0 spiro atoms. The Morgan fingerprint density at radius 3 is 2.62 bits per heavy atom. The summed E-state index contributed by atoms with van der Waals surface area (Å²) in [6.07, 6.45) is 4.25. The largest absolute Gasteiger partial charge is 0.355 e. The molecular formula is C19H23N5O2. The highest BCUT2D eigenvalue weighted by Crippen LogP contribution is 2.20. The number of nitrogens with zero attached hydrogens (tertiary/aromatic N) is 4. The lowest BCUT2D eigenvalue weighted by Gasteiger charge is -2.16. The number of pyridine rings is 1. The molecule has 2 amide bonds. The van der Waals surface area contributed by atoms with Crippen molar-refractivity contribution in [2.45, 2.75) is 33.2 Å².